The number of carbonyl (C=O) groups excluding carboxylic acids is 2. The summed E-state index contributed by atoms with van der Waals surface area (Å²) in [6.45, 7) is 1.50. The molecule has 200 valence electrons. The van der Waals surface area contributed by atoms with E-state index in [1.807, 2.05) is 0 Å². The van der Waals surface area contributed by atoms with Gasteiger partial charge in [-0.3, -0.25) is 9.59 Å². The van der Waals surface area contributed by atoms with Crippen molar-refractivity contribution < 1.29 is 40.7 Å². The van der Waals surface area contributed by atoms with Gasteiger partial charge in [-0.1, -0.05) is 11.3 Å². The van der Waals surface area contributed by atoms with Gasteiger partial charge in [0.25, 0.3) is 11.8 Å². The Hall–Kier alpha value is -3.73. The molecule has 0 spiro atoms. The highest BCUT2D eigenvalue weighted by molar-refractivity contribution is 7.90. The number of benzene rings is 1. The lowest BCUT2D eigenvalue weighted by molar-refractivity contribution is -0.274. The first-order chi connectivity index (χ1) is 17.1. The molecule has 2 heterocycles. The number of hydrogen-bond donors (Lipinski definition) is 1. The number of aromatic nitrogens is 4. The number of hydrogen-bond acceptors (Lipinski definition) is 10. The van der Waals surface area contributed by atoms with Gasteiger partial charge in [0, 0.05) is 25.9 Å². The summed E-state index contributed by atoms with van der Waals surface area (Å²) >= 11 is 1.01. The fourth-order valence-corrected chi connectivity index (χ4v) is 4.52. The van der Waals surface area contributed by atoms with Crippen LogP contribution in [0, 0.1) is 0 Å². The Labute approximate surface area is 212 Å². The molecular weight excluding hydrogens is 541 g/mol. The number of sulfone groups is 1. The van der Waals surface area contributed by atoms with Crippen LogP contribution in [0.4, 0.5) is 13.2 Å². The minimum atomic E-state index is -5.11. The second-order valence-corrected chi connectivity index (χ2v) is 10.8. The van der Waals surface area contributed by atoms with Gasteiger partial charge in [-0.2, -0.15) is 9.67 Å². The zero-order valence-corrected chi connectivity index (χ0v) is 21.7. The standard InChI is InChI=1S/C20H21F3N6O6S2/c1-10(15-26-18(34-4)27-29(15)19-24-9-14(36-19)17(31)28(2)3)25-16(30)11-6-12(35-20(21,22)23)8-13(7-11)37(5,32)33/h6-10H,1-5H3,(H,25,30)/t10-/m0/s1. The van der Waals surface area contributed by atoms with Crippen LogP contribution in [0.1, 0.15) is 38.8 Å². The van der Waals surface area contributed by atoms with Crippen molar-refractivity contribution in [3.63, 3.8) is 0 Å². The van der Waals surface area contributed by atoms with Crippen molar-refractivity contribution in [2.24, 2.45) is 0 Å². The van der Waals surface area contributed by atoms with Gasteiger partial charge in [-0.25, -0.2) is 13.4 Å². The van der Waals surface area contributed by atoms with Gasteiger partial charge in [0.1, 0.15) is 10.6 Å². The van der Waals surface area contributed by atoms with E-state index < -0.39 is 44.4 Å². The summed E-state index contributed by atoms with van der Waals surface area (Å²) in [7, 11) is 0.488. The molecule has 0 aliphatic rings. The summed E-state index contributed by atoms with van der Waals surface area (Å²) < 4.78 is 72.3. The van der Waals surface area contributed by atoms with Gasteiger partial charge < -0.3 is 19.7 Å². The third-order valence-corrected chi connectivity index (χ3v) is 6.68. The SMILES string of the molecule is COc1nc([C@H](C)NC(=O)c2cc(OC(F)(F)F)cc(S(C)(=O)=O)c2)n(-c2ncc(C(=O)N(C)C)s2)n1. The highest BCUT2D eigenvalue weighted by Gasteiger charge is 2.32. The van der Waals surface area contributed by atoms with E-state index in [1.54, 1.807) is 14.1 Å². The number of carbonyl (C=O) groups is 2. The van der Waals surface area contributed by atoms with E-state index in [1.165, 1.54) is 29.8 Å². The topological polar surface area (TPSA) is 146 Å². The van der Waals surface area contributed by atoms with Crippen molar-refractivity contribution >= 4 is 33.0 Å². The minimum Gasteiger partial charge on any atom is -0.466 e. The molecule has 0 bridgehead atoms. The van der Waals surface area contributed by atoms with Gasteiger partial charge in [0.05, 0.1) is 24.2 Å². The molecule has 12 nitrogen and oxygen atoms in total. The highest BCUT2D eigenvalue weighted by Crippen LogP contribution is 2.28. The molecule has 2 amide bonds. The van der Waals surface area contributed by atoms with Crippen molar-refractivity contribution in [2.45, 2.75) is 24.2 Å². The molecule has 0 aliphatic carbocycles. The van der Waals surface area contributed by atoms with Crippen LogP contribution in [0.3, 0.4) is 0 Å². The molecule has 3 rings (SSSR count). The van der Waals surface area contributed by atoms with Crippen LogP contribution in [-0.2, 0) is 9.84 Å². The van der Waals surface area contributed by atoms with Crippen LogP contribution in [0.2, 0.25) is 0 Å². The first-order valence-corrected chi connectivity index (χ1v) is 12.9. The van der Waals surface area contributed by atoms with E-state index in [0.29, 0.717) is 10.9 Å². The molecule has 0 fully saturated rings. The lowest BCUT2D eigenvalue weighted by Crippen LogP contribution is -2.29. The molecule has 1 N–H and O–H groups in total. The van der Waals surface area contributed by atoms with Gasteiger partial charge in [0.2, 0.25) is 5.13 Å². The lowest BCUT2D eigenvalue weighted by Gasteiger charge is -2.15. The molecule has 0 saturated heterocycles. The van der Waals surface area contributed by atoms with E-state index in [4.69, 9.17) is 4.74 Å². The average molecular weight is 563 g/mol. The molecule has 0 saturated carbocycles. The monoisotopic (exact) mass is 562 g/mol. The predicted molar refractivity (Wildman–Crippen MR) is 124 cm³/mol. The Kier molecular flexibility index (Phi) is 7.78. The summed E-state index contributed by atoms with van der Waals surface area (Å²) in [5.41, 5.74) is -0.403. The Bertz CT molecular complexity index is 1430. The van der Waals surface area contributed by atoms with Crippen LogP contribution < -0.4 is 14.8 Å². The fraction of sp³-hybridized carbons (Fsp3) is 0.350. The lowest BCUT2D eigenvalue weighted by atomic mass is 10.2. The van der Waals surface area contributed by atoms with Gasteiger partial charge in [-0.05, 0) is 25.1 Å². The van der Waals surface area contributed by atoms with Crippen molar-refractivity contribution in [3.8, 4) is 16.9 Å². The molecule has 0 radical (unpaired) electrons. The number of amides is 2. The number of methoxy groups -OCH3 is 1. The molecule has 0 unspecified atom stereocenters. The fourth-order valence-electron chi connectivity index (χ4n) is 2.95. The number of rotatable bonds is 8. The van der Waals surface area contributed by atoms with Crippen molar-refractivity contribution in [2.75, 3.05) is 27.5 Å². The molecule has 3 aromatic rings. The molecule has 0 aliphatic heterocycles. The number of ether oxygens (including phenoxy) is 2. The number of alkyl halides is 3. The normalized spacial score (nSPS) is 12.6. The average Bonchev–Trinajstić information content (AvgIpc) is 3.43. The largest absolute Gasteiger partial charge is 0.573 e. The number of halogens is 3. The quantitative estimate of drug-likeness (QED) is 0.437. The van der Waals surface area contributed by atoms with Crippen molar-refractivity contribution in [1.82, 2.24) is 30.0 Å². The van der Waals surface area contributed by atoms with Crippen LogP contribution in [0.5, 0.6) is 11.8 Å². The summed E-state index contributed by atoms with van der Waals surface area (Å²) in [6, 6.07) is 1.35. The number of nitrogens with one attached hydrogen (secondary N) is 1. The third-order valence-electron chi connectivity index (χ3n) is 4.63. The number of thiazole rings is 1. The molecule has 1 atom stereocenters. The van der Waals surface area contributed by atoms with Gasteiger partial charge in [0.15, 0.2) is 15.7 Å². The molecule has 1 aromatic carbocycles. The van der Waals surface area contributed by atoms with Crippen LogP contribution in [0.25, 0.3) is 5.13 Å². The van der Waals surface area contributed by atoms with Crippen molar-refractivity contribution in [3.05, 3.63) is 40.7 Å². The second-order valence-electron chi connectivity index (χ2n) is 7.78. The molecule has 2 aromatic heterocycles. The van der Waals surface area contributed by atoms with Gasteiger partial charge >= 0.3 is 12.4 Å². The first-order valence-electron chi connectivity index (χ1n) is 10.2. The zero-order chi connectivity index (χ0) is 27.7. The maximum absolute atomic E-state index is 12.9. The maximum Gasteiger partial charge on any atom is 0.573 e. The maximum atomic E-state index is 12.9. The first kappa shape index (κ1) is 27.9. The number of nitrogens with zero attached hydrogens (tertiary/aromatic N) is 5. The second kappa shape index (κ2) is 10.3. The van der Waals surface area contributed by atoms with E-state index >= 15 is 0 Å². The van der Waals surface area contributed by atoms with Crippen LogP contribution in [-0.4, -0.2) is 78.7 Å². The van der Waals surface area contributed by atoms with E-state index in [0.717, 1.165) is 29.7 Å². The van der Waals surface area contributed by atoms with Crippen LogP contribution >= 0.6 is 11.3 Å². The Morgan fingerprint density at radius 2 is 1.89 bits per heavy atom. The summed E-state index contributed by atoms with van der Waals surface area (Å²) in [5.74, 6) is -1.96. The van der Waals surface area contributed by atoms with Crippen molar-refractivity contribution in [1.29, 1.82) is 0 Å². The summed E-state index contributed by atoms with van der Waals surface area (Å²) in [6.07, 6.45) is -2.98. The molecular formula is C20H21F3N6O6S2. The van der Waals surface area contributed by atoms with Crippen LogP contribution in [0.15, 0.2) is 29.3 Å². The van der Waals surface area contributed by atoms with E-state index in [2.05, 4.69) is 25.1 Å². The Morgan fingerprint density at radius 1 is 1.22 bits per heavy atom. The molecule has 17 heteroatoms. The summed E-state index contributed by atoms with van der Waals surface area (Å²) in [4.78, 5) is 34.6. The minimum absolute atomic E-state index is 0.0771. The highest BCUT2D eigenvalue weighted by atomic mass is 32.2. The zero-order valence-electron chi connectivity index (χ0n) is 20.0. The van der Waals surface area contributed by atoms with E-state index in [-0.39, 0.29) is 22.9 Å². The van der Waals surface area contributed by atoms with E-state index in [9.17, 15) is 31.2 Å². The Morgan fingerprint density at radius 3 is 2.46 bits per heavy atom. The van der Waals surface area contributed by atoms with Gasteiger partial charge in [-0.15, -0.1) is 18.3 Å². The predicted octanol–water partition coefficient (Wildman–Crippen LogP) is 2.23. The Balaban J connectivity index is 1.95. The summed E-state index contributed by atoms with van der Waals surface area (Å²) in [5, 5.41) is 6.91. The smallest absolute Gasteiger partial charge is 0.466 e. The third kappa shape index (κ3) is 6.73. The molecule has 37 heavy (non-hydrogen) atoms.